The molecule has 0 aliphatic heterocycles. The number of carbonyl (C=O) groups excluding carboxylic acids is 1. The van der Waals surface area contributed by atoms with Gasteiger partial charge in [-0.05, 0) is 54.8 Å². The zero-order valence-electron chi connectivity index (χ0n) is 16.0. The monoisotopic (exact) mass is 394 g/mol. The minimum absolute atomic E-state index is 0.218. The number of rotatable bonds is 4. The zero-order valence-corrected chi connectivity index (χ0v) is 16.0. The predicted octanol–water partition coefficient (Wildman–Crippen LogP) is 4.40. The van der Waals surface area contributed by atoms with E-state index in [0.717, 1.165) is 33.4 Å². The average molecular weight is 394 g/mol. The molecule has 0 radical (unpaired) electrons. The number of H-pyrrole nitrogens is 1. The van der Waals surface area contributed by atoms with Crippen LogP contribution in [0.25, 0.3) is 27.7 Å². The summed E-state index contributed by atoms with van der Waals surface area (Å²) in [7, 11) is 0. The first-order valence-electron chi connectivity index (χ1n) is 9.93. The SMILES string of the molecule is O=C(Nc1cccnc1)c1cnn2ccc(-c3c[nH]c4nc(C5CC5)ccc34)cc12. The van der Waals surface area contributed by atoms with E-state index >= 15 is 0 Å². The molecule has 1 aliphatic rings. The lowest BCUT2D eigenvalue weighted by atomic mass is 10.1. The fraction of sp³-hybridized carbons (Fsp3) is 0.130. The highest BCUT2D eigenvalue weighted by molar-refractivity contribution is 6.09. The highest BCUT2D eigenvalue weighted by Gasteiger charge is 2.25. The molecule has 1 amide bonds. The van der Waals surface area contributed by atoms with Crippen molar-refractivity contribution in [2.45, 2.75) is 18.8 Å². The molecule has 7 heteroatoms. The second kappa shape index (κ2) is 6.52. The molecular weight excluding hydrogens is 376 g/mol. The molecule has 5 aromatic heterocycles. The minimum atomic E-state index is -0.218. The molecular formula is C23H18N6O. The van der Waals surface area contributed by atoms with Crippen molar-refractivity contribution >= 4 is 28.1 Å². The van der Waals surface area contributed by atoms with Crippen molar-refractivity contribution in [2.24, 2.45) is 0 Å². The van der Waals surface area contributed by atoms with E-state index < -0.39 is 0 Å². The first kappa shape index (κ1) is 16.9. The van der Waals surface area contributed by atoms with Crippen LogP contribution < -0.4 is 5.32 Å². The minimum Gasteiger partial charge on any atom is -0.346 e. The first-order valence-corrected chi connectivity index (χ1v) is 9.93. The number of nitrogens with zero attached hydrogens (tertiary/aromatic N) is 4. The fourth-order valence-electron chi connectivity index (χ4n) is 3.82. The van der Waals surface area contributed by atoms with Crippen molar-refractivity contribution in [2.75, 3.05) is 5.32 Å². The van der Waals surface area contributed by atoms with Crippen LogP contribution in [0.1, 0.15) is 34.8 Å². The van der Waals surface area contributed by atoms with E-state index in [1.165, 1.54) is 12.8 Å². The Labute approximate surface area is 171 Å². The summed E-state index contributed by atoms with van der Waals surface area (Å²) in [5, 5.41) is 8.27. The van der Waals surface area contributed by atoms with Crippen molar-refractivity contribution < 1.29 is 4.79 Å². The van der Waals surface area contributed by atoms with E-state index in [4.69, 9.17) is 4.98 Å². The number of aromatic amines is 1. The van der Waals surface area contributed by atoms with Gasteiger partial charge in [0.15, 0.2) is 0 Å². The maximum Gasteiger partial charge on any atom is 0.259 e. The normalized spacial score (nSPS) is 13.7. The van der Waals surface area contributed by atoms with Crippen LogP contribution in [0, 0.1) is 0 Å². The van der Waals surface area contributed by atoms with Gasteiger partial charge in [0.05, 0.1) is 29.2 Å². The number of anilines is 1. The molecule has 0 unspecified atom stereocenters. The topological polar surface area (TPSA) is 88.0 Å². The Morgan fingerprint density at radius 2 is 2.10 bits per heavy atom. The first-order chi connectivity index (χ1) is 14.8. The highest BCUT2D eigenvalue weighted by atomic mass is 16.1. The summed E-state index contributed by atoms with van der Waals surface area (Å²) in [5.74, 6) is 0.398. The lowest BCUT2D eigenvalue weighted by molar-refractivity contribution is 0.102. The van der Waals surface area contributed by atoms with Crippen LogP contribution in [-0.4, -0.2) is 30.5 Å². The molecule has 0 saturated heterocycles. The molecule has 5 aromatic rings. The second-order valence-electron chi connectivity index (χ2n) is 7.61. The van der Waals surface area contributed by atoms with Crippen LogP contribution in [0.15, 0.2) is 67.4 Å². The van der Waals surface area contributed by atoms with Gasteiger partial charge in [-0.3, -0.25) is 9.78 Å². The van der Waals surface area contributed by atoms with Gasteiger partial charge in [-0.15, -0.1) is 0 Å². The number of pyridine rings is 3. The molecule has 0 atom stereocenters. The van der Waals surface area contributed by atoms with Gasteiger partial charge in [-0.1, -0.05) is 0 Å². The summed E-state index contributed by atoms with van der Waals surface area (Å²) >= 11 is 0. The third-order valence-electron chi connectivity index (χ3n) is 5.55. The molecule has 6 rings (SSSR count). The van der Waals surface area contributed by atoms with Crippen LogP contribution in [-0.2, 0) is 0 Å². The summed E-state index contributed by atoms with van der Waals surface area (Å²) in [6, 6.07) is 11.8. The van der Waals surface area contributed by atoms with Crippen LogP contribution in [0.3, 0.4) is 0 Å². The van der Waals surface area contributed by atoms with E-state index in [9.17, 15) is 4.79 Å². The smallest absolute Gasteiger partial charge is 0.259 e. The average Bonchev–Trinajstić information content (AvgIpc) is 3.40. The molecule has 0 bridgehead atoms. The van der Waals surface area contributed by atoms with E-state index in [1.807, 2.05) is 24.5 Å². The maximum absolute atomic E-state index is 12.8. The van der Waals surface area contributed by atoms with Gasteiger partial charge in [0, 0.05) is 41.2 Å². The summed E-state index contributed by atoms with van der Waals surface area (Å²) < 4.78 is 1.71. The molecule has 1 saturated carbocycles. The zero-order chi connectivity index (χ0) is 20.1. The maximum atomic E-state index is 12.8. The van der Waals surface area contributed by atoms with Crippen molar-refractivity contribution in [3.8, 4) is 11.1 Å². The Hall–Kier alpha value is -4.00. The van der Waals surface area contributed by atoms with E-state index in [0.29, 0.717) is 17.2 Å². The molecule has 5 heterocycles. The van der Waals surface area contributed by atoms with Gasteiger partial charge in [-0.25, -0.2) is 9.50 Å². The molecule has 146 valence electrons. The predicted molar refractivity (Wildman–Crippen MR) is 114 cm³/mol. The Morgan fingerprint density at radius 1 is 1.17 bits per heavy atom. The number of nitrogens with one attached hydrogen (secondary N) is 2. The van der Waals surface area contributed by atoms with Crippen molar-refractivity contribution in [3.05, 3.63) is 78.6 Å². The standard InChI is InChI=1S/C23H18N6O/c30-23(27-16-2-1-8-24-11-16)19-13-26-29-9-7-15(10-21(19)29)18-12-25-22-17(18)5-6-20(28-22)14-3-4-14/h1-2,5-14H,3-4H2,(H,25,28)(H,27,30). The number of hydrogen-bond donors (Lipinski definition) is 2. The Bertz CT molecular complexity index is 1400. The van der Waals surface area contributed by atoms with Crippen LogP contribution >= 0.6 is 0 Å². The summed E-state index contributed by atoms with van der Waals surface area (Å²) in [5.41, 5.74) is 6.02. The molecule has 2 N–H and O–H groups in total. The van der Waals surface area contributed by atoms with Crippen LogP contribution in [0.2, 0.25) is 0 Å². The van der Waals surface area contributed by atoms with Gasteiger partial charge < -0.3 is 10.3 Å². The summed E-state index contributed by atoms with van der Waals surface area (Å²) in [6.07, 6.45) is 11.2. The van der Waals surface area contributed by atoms with Gasteiger partial charge in [0.25, 0.3) is 5.91 Å². The lowest BCUT2D eigenvalue weighted by Gasteiger charge is -2.05. The largest absolute Gasteiger partial charge is 0.346 e. The quantitative estimate of drug-likeness (QED) is 0.473. The highest BCUT2D eigenvalue weighted by Crippen LogP contribution is 2.40. The van der Waals surface area contributed by atoms with E-state index in [1.54, 1.807) is 35.2 Å². The fourth-order valence-corrected chi connectivity index (χ4v) is 3.82. The number of aromatic nitrogens is 5. The van der Waals surface area contributed by atoms with Crippen LogP contribution in [0.5, 0.6) is 0 Å². The van der Waals surface area contributed by atoms with Gasteiger partial charge in [0.1, 0.15) is 5.65 Å². The molecule has 1 aliphatic carbocycles. The summed E-state index contributed by atoms with van der Waals surface area (Å²) in [6.45, 7) is 0. The van der Waals surface area contributed by atoms with Crippen molar-refractivity contribution in [1.29, 1.82) is 0 Å². The number of carbonyl (C=O) groups is 1. The van der Waals surface area contributed by atoms with Gasteiger partial charge in [0.2, 0.25) is 0 Å². The second-order valence-corrected chi connectivity index (χ2v) is 7.61. The van der Waals surface area contributed by atoms with Crippen molar-refractivity contribution in [3.63, 3.8) is 0 Å². The number of hydrogen-bond acceptors (Lipinski definition) is 4. The molecule has 0 aromatic carbocycles. The third kappa shape index (κ3) is 2.83. The lowest BCUT2D eigenvalue weighted by Crippen LogP contribution is -2.11. The molecule has 7 nitrogen and oxygen atoms in total. The van der Waals surface area contributed by atoms with E-state index in [2.05, 4.69) is 32.5 Å². The molecule has 30 heavy (non-hydrogen) atoms. The number of fused-ring (bicyclic) bond motifs is 2. The van der Waals surface area contributed by atoms with Crippen LogP contribution in [0.4, 0.5) is 5.69 Å². The van der Waals surface area contributed by atoms with Gasteiger partial charge in [-0.2, -0.15) is 5.10 Å². The van der Waals surface area contributed by atoms with Crippen molar-refractivity contribution in [1.82, 2.24) is 24.6 Å². The summed E-state index contributed by atoms with van der Waals surface area (Å²) in [4.78, 5) is 24.9. The Morgan fingerprint density at radius 3 is 2.93 bits per heavy atom. The van der Waals surface area contributed by atoms with E-state index in [-0.39, 0.29) is 5.91 Å². The number of amides is 1. The Balaban J connectivity index is 1.39. The van der Waals surface area contributed by atoms with Gasteiger partial charge >= 0.3 is 0 Å². The Kier molecular flexibility index (Phi) is 3.67. The molecule has 1 fully saturated rings. The molecule has 0 spiro atoms. The third-order valence-corrected chi connectivity index (χ3v) is 5.55.